The molecule has 0 unspecified atom stereocenters. The highest BCUT2D eigenvalue weighted by Gasteiger charge is 2.28. The van der Waals surface area contributed by atoms with Gasteiger partial charge in [0.2, 0.25) is 11.6 Å². The van der Waals surface area contributed by atoms with Crippen molar-refractivity contribution in [1.29, 1.82) is 0 Å². The summed E-state index contributed by atoms with van der Waals surface area (Å²) in [6.45, 7) is 12.5. The maximum atomic E-state index is 11.9. The summed E-state index contributed by atoms with van der Waals surface area (Å²) in [5.41, 5.74) is 0.590. The molecular weight excluding hydrogens is 382 g/mol. The predicted molar refractivity (Wildman–Crippen MR) is 121 cm³/mol. The van der Waals surface area contributed by atoms with Crippen LogP contribution in [0.25, 0.3) is 0 Å². The molecule has 1 aromatic carbocycles. The van der Waals surface area contributed by atoms with Gasteiger partial charge in [-0.3, -0.25) is 10.1 Å². The van der Waals surface area contributed by atoms with Gasteiger partial charge < -0.3 is 15.0 Å². The molecule has 0 spiro atoms. The zero-order valence-electron chi connectivity index (χ0n) is 18.6. The molecule has 164 valence electrons. The number of benzene rings is 1. The molecule has 8 nitrogen and oxygen atoms in total. The van der Waals surface area contributed by atoms with Crippen LogP contribution < -0.4 is 15.0 Å². The molecule has 0 aliphatic rings. The van der Waals surface area contributed by atoms with E-state index >= 15 is 0 Å². The van der Waals surface area contributed by atoms with Crippen molar-refractivity contribution in [3.8, 4) is 5.75 Å². The van der Waals surface area contributed by atoms with Gasteiger partial charge in [-0.05, 0) is 42.5 Å². The van der Waals surface area contributed by atoms with Gasteiger partial charge in [0.25, 0.3) is 0 Å². The molecule has 8 heteroatoms. The Morgan fingerprint density at radius 3 is 2.27 bits per heavy atom. The van der Waals surface area contributed by atoms with Crippen molar-refractivity contribution < 1.29 is 9.66 Å². The van der Waals surface area contributed by atoms with Crippen LogP contribution in [0.5, 0.6) is 5.75 Å². The number of aromatic nitrogens is 2. The van der Waals surface area contributed by atoms with E-state index in [4.69, 9.17) is 4.74 Å². The minimum absolute atomic E-state index is 0.109. The maximum Gasteiger partial charge on any atom is 0.353 e. The smallest absolute Gasteiger partial charge is 0.353 e. The highest BCUT2D eigenvalue weighted by Crippen LogP contribution is 2.34. The molecule has 0 amide bonds. The van der Waals surface area contributed by atoms with E-state index in [2.05, 4.69) is 49.9 Å². The van der Waals surface area contributed by atoms with Crippen LogP contribution in [0.1, 0.15) is 47.5 Å². The predicted octanol–water partition coefficient (Wildman–Crippen LogP) is 5.43. The first-order valence-electron chi connectivity index (χ1n) is 10.6. The van der Waals surface area contributed by atoms with Crippen LogP contribution in [-0.4, -0.2) is 34.6 Å². The third-order valence-corrected chi connectivity index (χ3v) is 4.34. The lowest BCUT2D eigenvalue weighted by Crippen LogP contribution is -2.32. The molecule has 0 saturated carbocycles. The van der Waals surface area contributed by atoms with Crippen LogP contribution in [0, 0.1) is 22.0 Å². The van der Waals surface area contributed by atoms with Gasteiger partial charge in [0, 0.05) is 18.8 Å². The molecule has 0 fully saturated rings. The van der Waals surface area contributed by atoms with Crippen molar-refractivity contribution >= 4 is 23.0 Å². The fraction of sp³-hybridized carbons (Fsp3) is 0.545. The topological polar surface area (TPSA) is 93.4 Å². The number of nitro groups is 1. The van der Waals surface area contributed by atoms with E-state index in [0.29, 0.717) is 43.0 Å². The van der Waals surface area contributed by atoms with Gasteiger partial charge in [-0.2, -0.15) is 0 Å². The van der Waals surface area contributed by atoms with Gasteiger partial charge in [-0.15, -0.1) is 0 Å². The first kappa shape index (κ1) is 23.4. The highest BCUT2D eigenvalue weighted by molar-refractivity contribution is 5.74. The minimum Gasteiger partial charge on any atom is -0.494 e. The standard InChI is InChI=1S/C22H33N5O3/c1-6-7-12-30-19-10-8-18(9-11-19)25-21-20(27(28)29)22(24-15-23-21)26(13-16(2)3)14-17(4)5/h8-11,15-17H,6-7,12-14H2,1-5H3,(H,23,24,25). The van der Waals surface area contributed by atoms with Crippen LogP contribution in [0.3, 0.4) is 0 Å². The average molecular weight is 416 g/mol. The summed E-state index contributed by atoms with van der Waals surface area (Å²) in [7, 11) is 0. The lowest BCUT2D eigenvalue weighted by molar-refractivity contribution is -0.383. The van der Waals surface area contributed by atoms with Crippen LogP contribution in [-0.2, 0) is 0 Å². The monoisotopic (exact) mass is 415 g/mol. The molecule has 1 heterocycles. The molecule has 2 rings (SSSR count). The normalized spacial score (nSPS) is 11.0. The van der Waals surface area contributed by atoms with E-state index in [0.717, 1.165) is 18.6 Å². The van der Waals surface area contributed by atoms with Crippen molar-refractivity contribution in [3.05, 3.63) is 40.7 Å². The second-order valence-corrected chi connectivity index (χ2v) is 8.20. The Morgan fingerprint density at radius 1 is 1.10 bits per heavy atom. The summed E-state index contributed by atoms with van der Waals surface area (Å²) >= 11 is 0. The molecule has 1 N–H and O–H groups in total. The van der Waals surface area contributed by atoms with E-state index in [9.17, 15) is 10.1 Å². The Morgan fingerprint density at radius 2 is 1.73 bits per heavy atom. The number of hydrogen-bond donors (Lipinski definition) is 1. The Kier molecular flexibility index (Phi) is 8.83. The van der Waals surface area contributed by atoms with E-state index < -0.39 is 4.92 Å². The number of anilines is 3. The zero-order chi connectivity index (χ0) is 22.1. The molecule has 2 aromatic rings. The van der Waals surface area contributed by atoms with Gasteiger partial charge in [-0.1, -0.05) is 41.0 Å². The number of nitrogens with zero attached hydrogens (tertiary/aromatic N) is 4. The first-order valence-corrected chi connectivity index (χ1v) is 10.6. The molecule has 0 aliphatic carbocycles. The molecule has 0 aliphatic heterocycles. The van der Waals surface area contributed by atoms with Crippen molar-refractivity contribution in [2.75, 3.05) is 29.9 Å². The lowest BCUT2D eigenvalue weighted by Gasteiger charge is -2.27. The van der Waals surface area contributed by atoms with Crippen molar-refractivity contribution in [2.45, 2.75) is 47.5 Å². The summed E-state index contributed by atoms with van der Waals surface area (Å²) in [5.74, 6) is 1.98. The van der Waals surface area contributed by atoms with Gasteiger partial charge >= 0.3 is 5.69 Å². The Balaban J connectivity index is 2.30. The van der Waals surface area contributed by atoms with E-state index in [1.807, 2.05) is 29.2 Å². The summed E-state index contributed by atoms with van der Waals surface area (Å²) in [6, 6.07) is 7.34. The Labute approximate surface area is 178 Å². The summed E-state index contributed by atoms with van der Waals surface area (Å²) in [6.07, 6.45) is 3.45. The number of nitrogens with one attached hydrogen (secondary N) is 1. The highest BCUT2D eigenvalue weighted by atomic mass is 16.6. The third-order valence-electron chi connectivity index (χ3n) is 4.34. The second kappa shape index (κ2) is 11.3. The third kappa shape index (κ3) is 6.86. The van der Waals surface area contributed by atoms with Gasteiger partial charge in [-0.25, -0.2) is 9.97 Å². The molecule has 0 bridgehead atoms. The fourth-order valence-corrected chi connectivity index (χ4v) is 3.10. The Bertz CT molecular complexity index is 799. The maximum absolute atomic E-state index is 11.9. The van der Waals surface area contributed by atoms with Gasteiger partial charge in [0.05, 0.1) is 11.5 Å². The van der Waals surface area contributed by atoms with Crippen LogP contribution in [0.15, 0.2) is 30.6 Å². The van der Waals surface area contributed by atoms with E-state index in [1.165, 1.54) is 6.33 Å². The lowest BCUT2D eigenvalue weighted by atomic mass is 10.1. The van der Waals surface area contributed by atoms with Crippen LogP contribution >= 0.6 is 0 Å². The molecule has 0 atom stereocenters. The van der Waals surface area contributed by atoms with Gasteiger partial charge in [0.15, 0.2) is 0 Å². The second-order valence-electron chi connectivity index (χ2n) is 8.20. The zero-order valence-corrected chi connectivity index (χ0v) is 18.6. The fourth-order valence-electron chi connectivity index (χ4n) is 3.10. The molecule has 0 saturated heterocycles. The summed E-state index contributed by atoms with van der Waals surface area (Å²) < 4.78 is 5.67. The molecule has 0 radical (unpaired) electrons. The number of rotatable bonds is 12. The van der Waals surface area contributed by atoms with E-state index in [1.54, 1.807) is 0 Å². The van der Waals surface area contributed by atoms with Crippen LogP contribution in [0.4, 0.5) is 23.0 Å². The minimum atomic E-state index is -0.409. The average Bonchev–Trinajstić information content (AvgIpc) is 2.68. The van der Waals surface area contributed by atoms with Crippen molar-refractivity contribution in [3.63, 3.8) is 0 Å². The van der Waals surface area contributed by atoms with Crippen LogP contribution in [0.2, 0.25) is 0 Å². The van der Waals surface area contributed by atoms with E-state index in [-0.39, 0.29) is 11.5 Å². The van der Waals surface area contributed by atoms with Crippen molar-refractivity contribution in [1.82, 2.24) is 9.97 Å². The number of hydrogen-bond acceptors (Lipinski definition) is 7. The summed E-state index contributed by atoms with van der Waals surface area (Å²) in [4.78, 5) is 22.0. The SMILES string of the molecule is CCCCOc1ccc(Nc2ncnc(N(CC(C)C)CC(C)C)c2[N+](=O)[O-])cc1. The first-order chi connectivity index (χ1) is 14.3. The molecule has 1 aromatic heterocycles. The summed E-state index contributed by atoms with van der Waals surface area (Å²) in [5, 5.41) is 15.0. The molecular formula is C22H33N5O3. The molecule has 30 heavy (non-hydrogen) atoms. The van der Waals surface area contributed by atoms with Crippen molar-refractivity contribution in [2.24, 2.45) is 11.8 Å². The Hall–Kier alpha value is -2.90. The number of ether oxygens (including phenoxy) is 1. The van der Waals surface area contributed by atoms with Gasteiger partial charge in [0.1, 0.15) is 12.1 Å². The number of unbranched alkanes of at least 4 members (excludes halogenated alkanes) is 1. The quantitative estimate of drug-likeness (QED) is 0.281. The largest absolute Gasteiger partial charge is 0.494 e.